The molecule has 1 heterocycles. The topological polar surface area (TPSA) is 12.9 Å². The zero-order valence-corrected chi connectivity index (χ0v) is 11.1. The molecule has 1 nitrogen and oxygen atoms in total. The first-order chi connectivity index (χ1) is 6.66. The molecule has 1 aromatic rings. The van der Waals surface area contributed by atoms with Crippen molar-refractivity contribution >= 4 is 27.3 Å². The summed E-state index contributed by atoms with van der Waals surface area (Å²) in [4.78, 5) is 5.27. The highest BCUT2D eigenvalue weighted by Crippen LogP contribution is 2.38. The molecule has 2 rings (SSSR count). The molecule has 0 saturated heterocycles. The van der Waals surface area contributed by atoms with E-state index >= 15 is 0 Å². The van der Waals surface area contributed by atoms with E-state index in [2.05, 4.69) is 40.1 Å². The van der Waals surface area contributed by atoms with Crippen LogP contribution < -0.4 is 0 Å². The van der Waals surface area contributed by atoms with Crippen LogP contribution in [0, 0.1) is 18.8 Å². The lowest BCUT2D eigenvalue weighted by Crippen LogP contribution is -2.13. The van der Waals surface area contributed by atoms with Crippen molar-refractivity contribution in [3.8, 4) is 0 Å². The molecule has 1 saturated carbocycles. The van der Waals surface area contributed by atoms with E-state index in [1.807, 2.05) is 0 Å². The maximum absolute atomic E-state index is 4.54. The molecule has 0 bridgehead atoms. The summed E-state index contributed by atoms with van der Waals surface area (Å²) in [7, 11) is 0. The predicted octanol–water partition coefficient (Wildman–Crippen LogP) is 3.80. The van der Waals surface area contributed by atoms with Crippen molar-refractivity contribution < 1.29 is 0 Å². The molecule has 0 N–H and O–H groups in total. The number of nitrogens with zero attached hydrogens (tertiary/aromatic N) is 1. The Morgan fingerprint density at radius 1 is 1.57 bits per heavy atom. The van der Waals surface area contributed by atoms with Crippen LogP contribution in [0.1, 0.15) is 30.5 Å². The average molecular weight is 274 g/mol. The molecule has 0 aliphatic heterocycles. The van der Waals surface area contributed by atoms with Gasteiger partial charge in [-0.3, -0.25) is 0 Å². The molecule has 3 heteroatoms. The van der Waals surface area contributed by atoms with Crippen LogP contribution in [0.15, 0.2) is 5.38 Å². The number of halogens is 1. The number of aryl methyl sites for hydroxylation is 1. The molecule has 1 aliphatic carbocycles. The van der Waals surface area contributed by atoms with Gasteiger partial charge in [0.25, 0.3) is 0 Å². The molecule has 3 atom stereocenters. The Kier molecular flexibility index (Phi) is 3.27. The monoisotopic (exact) mass is 273 g/mol. The second-order valence-corrected chi connectivity index (χ2v) is 6.51. The standard InChI is InChI=1S/C11H16BrNS/c1-7-9(3-4-11(7)12)5-10-6-14-8(2)13-10/h6-7,9,11H,3-5H2,1-2H3. The fourth-order valence-electron chi connectivity index (χ4n) is 2.25. The van der Waals surface area contributed by atoms with Crippen molar-refractivity contribution in [2.24, 2.45) is 11.8 Å². The summed E-state index contributed by atoms with van der Waals surface area (Å²) in [6.07, 6.45) is 3.86. The Labute approximate surface area is 98.1 Å². The maximum Gasteiger partial charge on any atom is 0.0897 e. The first kappa shape index (κ1) is 10.6. The second kappa shape index (κ2) is 4.31. The van der Waals surface area contributed by atoms with Crippen LogP contribution in [0.2, 0.25) is 0 Å². The van der Waals surface area contributed by atoms with Crippen LogP contribution in [0.5, 0.6) is 0 Å². The van der Waals surface area contributed by atoms with Crippen LogP contribution in [0.3, 0.4) is 0 Å². The molecular weight excluding hydrogens is 258 g/mol. The minimum absolute atomic E-state index is 0.729. The van der Waals surface area contributed by atoms with Crippen LogP contribution in [-0.4, -0.2) is 9.81 Å². The summed E-state index contributed by atoms with van der Waals surface area (Å²) in [5, 5.41) is 3.41. The number of hydrogen-bond donors (Lipinski definition) is 0. The Balaban J connectivity index is 1.98. The van der Waals surface area contributed by atoms with E-state index < -0.39 is 0 Å². The zero-order valence-electron chi connectivity index (χ0n) is 8.66. The van der Waals surface area contributed by atoms with Gasteiger partial charge in [-0.1, -0.05) is 22.9 Å². The molecule has 0 aromatic carbocycles. The van der Waals surface area contributed by atoms with Gasteiger partial charge in [0.05, 0.1) is 10.7 Å². The van der Waals surface area contributed by atoms with Gasteiger partial charge in [-0.15, -0.1) is 11.3 Å². The highest BCUT2D eigenvalue weighted by molar-refractivity contribution is 9.09. The van der Waals surface area contributed by atoms with Crippen molar-refractivity contribution in [3.05, 3.63) is 16.1 Å². The van der Waals surface area contributed by atoms with Crippen molar-refractivity contribution in [3.63, 3.8) is 0 Å². The molecule has 3 unspecified atom stereocenters. The summed E-state index contributed by atoms with van der Waals surface area (Å²) in [6, 6.07) is 0. The lowest BCUT2D eigenvalue weighted by atomic mass is 9.93. The molecule has 0 spiro atoms. The second-order valence-electron chi connectivity index (χ2n) is 4.27. The number of hydrogen-bond acceptors (Lipinski definition) is 2. The number of thiazole rings is 1. The summed E-state index contributed by atoms with van der Waals surface area (Å²) >= 11 is 5.51. The van der Waals surface area contributed by atoms with Crippen molar-refractivity contribution in [2.75, 3.05) is 0 Å². The minimum Gasteiger partial charge on any atom is -0.247 e. The first-order valence-corrected chi connectivity index (χ1v) is 7.01. The summed E-state index contributed by atoms with van der Waals surface area (Å²) in [6.45, 7) is 4.44. The van der Waals surface area contributed by atoms with Gasteiger partial charge in [0.1, 0.15) is 0 Å². The third-order valence-electron chi connectivity index (χ3n) is 3.27. The Bertz CT molecular complexity index is 310. The third-order valence-corrected chi connectivity index (χ3v) is 5.38. The average Bonchev–Trinajstić information content (AvgIpc) is 2.67. The summed E-state index contributed by atoms with van der Waals surface area (Å²) < 4.78 is 0. The molecule has 14 heavy (non-hydrogen) atoms. The molecule has 1 aliphatic rings. The van der Waals surface area contributed by atoms with Gasteiger partial charge in [-0.25, -0.2) is 4.98 Å². The van der Waals surface area contributed by atoms with Crippen molar-refractivity contribution in [1.82, 2.24) is 4.98 Å². The van der Waals surface area contributed by atoms with E-state index in [-0.39, 0.29) is 0 Å². The highest BCUT2D eigenvalue weighted by Gasteiger charge is 2.31. The van der Waals surface area contributed by atoms with E-state index in [9.17, 15) is 0 Å². The fourth-order valence-corrected chi connectivity index (χ4v) is 3.57. The van der Waals surface area contributed by atoms with Gasteiger partial charge in [-0.2, -0.15) is 0 Å². The Hall–Kier alpha value is 0.110. The van der Waals surface area contributed by atoms with Crippen molar-refractivity contribution in [1.29, 1.82) is 0 Å². The summed E-state index contributed by atoms with van der Waals surface area (Å²) in [5.74, 6) is 1.64. The molecule has 0 radical (unpaired) electrons. The van der Waals surface area contributed by atoms with Gasteiger partial charge in [0.15, 0.2) is 0 Å². The summed E-state index contributed by atoms with van der Waals surface area (Å²) in [5.41, 5.74) is 1.30. The van der Waals surface area contributed by atoms with Crippen LogP contribution in [-0.2, 0) is 6.42 Å². The SMILES string of the molecule is Cc1nc(CC2CCC(Br)C2C)cs1. The molecule has 1 fully saturated rings. The number of rotatable bonds is 2. The quantitative estimate of drug-likeness (QED) is 0.747. The van der Waals surface area contributed by atoms with Gasteiger partial charge in [0.2, 0.25) is 0 Å². The lowest BCUT2D eigenvalue weighted by molar-refractivity contribution is 0.420. The van der Waals surface area contributed by atoms with E-state index in [4.69, 9.17) is 0 Å². The Morgan fingerprint density at radius 3 is 2.86 bits per heavy atom. The maximum atomic E-state index is 4.54. The predicted molar refractivity (Wildman–Crippen MR) is 65.2 cm³/mol. The highest BCUT2D eigenvalue weighted by atomic mass is 79.9. The molecular formula is C11H16BrNS. The van der Waals surface area contributed by atoms with Gasteiger partial charge in [-0.05, 0) is 38.0 Å². The van der Waals surface area contributed by atoms with E-state index in [1.54, 1.807) is 11.3 Å². The molecule has 0 amide bonds. The van der Waals surface area contributed by atoms with Crippen LogP contribution in [0.25, 0.3) is 0 Å². The normalized spacial score (nSPS) is 32.4. The van der Waals surface area contributed by atoms with E-state index in [1.165, 1.54) is 30.0 Å². The van der Waals surface area contributed by atoms with Crippen LogP contribution >= 0.6 is 27.3 Å². The fraction of sp³-hybridized carbons (Fsp3) is 0.727. The lowest BCUT2D eigenvalue weighted by Gasteiger charge is -2.15. The Morgan fingerprint density at radius 2 is 2.36 bits per heavy atom. The third kappa shape index (κ3) is 2.19. The zero-order chi connectivity index (χ0) is 10.1. The van der Waals surface area contributed by atoms with Gasteiger partial charge >= 0.3 is 0 Å². The largest absolute Gasteiger partial charge is 0.247 e. The van der Waals surface area contributed by atoms with Crippen molar-refractivity contribution in [2.45, 2.75) is 37.9 Å². The van der Waals surface area contributed by atoms with E-state index in [0.29, 0.717) is 0 Å². The molecule has 78 valence electrons. The molecule has 1 aromatic heterocycles. The smallest absolute Gasteiger partial charge is 0.0897 e. The van der Waals surface area contributed by atoms with Crippen LogP contribution in [0.4, 0.5) is 0 Å². The van der Waals surface area contributed by atoms with Gasteiger partial charge in [0, 0.05) is 10.2 Å². The first-order valence-electron chi connectivity index (χ1n) is 5.22. The number of alkyl halides is 1. The number of aromatic nitrogens is 1. The minimum atomic E-state index is 0.729. The van der Waals surface area contributed by atoms with Gasteiger partial charge < -0.3 is 0 Å². The van der Waals surface area contributed by atoms with E-state index in [0.717, 1.165) is 16.7 Å².